The number of fused-ring (bicyclic) bond motifs is 3. The van der Waals surface area contributed by atoms with Crippen LogP contribution in [0.2, 0.25) is 0 Å². The zero-order chi connectivity index (χ0) is 13.5. The number of nitrogens with zero attached hydrogens (tertiary/aromatic N) is 1. The molecule has 2 atom stereocenters. The molecule has 2 saturated heterocycles. The molecule has 2 bridgehead atoms. The lowest BCUT2D eigenvalue weighted by Gasteiger charge is -2.33. The third kappa shape index (κ3) is 1.97. The molecule has 104 valence electrons. The fraction of sp³-hybridized carbons (Fsp3) is 0.471. The largest absolute Gasteiger partial charge is 0.361 e. The lowest BCUT2D eigenvalue weighted by Crippen LogP contribution is -2.44. The van der Waals surface area contributed by atoms with Crippen molar-refractivity contribution in [3.8, 4) is 0 Å². The Labute approximate surface area is 119 Å². The highest BCUT2D eigenvalue weighted by atomic mass is 16.1. The number of hydrogen-bond acceptors (Lipinski definition) is 2. The molecule has 1 N–H and O–H groups in total. The van der Waals surface area contributed by atoms with Gasteiger partial charge in [-0.15, -0.1) is 0 Å². The lowest BCUT2D eigenvalue weighted by molar-refractivity contribution is -0.123. The topological polar surface area (TPSA) is 36.1 Å². The van der Waals surface area contributed by atoms with E-state index in [0.29, 0.717) is 17.9 Å². The molecule has 20 heavy (non-hydrogen) atoms. The molecule has 2 aliphatic heterocycles. The van der Waals surface area contributed by atoms with E-state index in [2.05, 4.69) is 40.3 Å². The smallest absolute Gasteiger partial charge is 0.136 e. The van der Waals surface area contributed by atoms with Crippen LogP contribution < -0.4 is 0 Å². The Bertz CT molecular complexity index is 629. The first-order chi connectivity index (χ1) is 9.81. The van der Waals surface area contributed by atoms with Crippen LogP contribution in [0.3, 0.4) is 0 Å². The number of benzene rings is 1. The minimum atomic E-state index is 0.473. The van der Waals surface area contributed by atoms with Crippen LogP contribution in [0.5, 0.6) is 0 Å². The van der Waals surface area contributed by atoms with Crippen LogP contribution in [0.1, 0.15) is 31.2 Å². The van der Waals surface area contributed by atoms with Crippen molar-refractivity contribution in [3.05, 3.63) is 36.0 Å². The molecule has 1 aromatic heterocycles. The van der Waals surface area contributed by atoms with Crippen LogP contribution in [-0.2, 0) is 11.2 Å². The maximum atomic E-state index is 11.6. The van der Waals surface area contributed by atoms with Gasteiger partial charge in [0.2, 0.25) is 0 Å². The van der Waals surface area contributed by atoms with Crippen molar-refractivity contribution < 1.29 is 4.79 Å². The molecular formula is C17H20N2O. The molecule has 0 saturated carbocycles. The molecule has 1 aromatic carbocycles. The number of piperidine rings is 1. The number of carbonyl (C=O) groups excluding carboxylic acids is 1. The van der Waals surface area contributed by atoms with Crippen LogP contribution >= 0.6 is 0 Å². The molecule has 3 nitrogen and oxygen atoms in total. The van der Waals surface area contributed by atoms with Gasteiger partial charge in [-0.25, -0.2) is 0 Å². The first-order valence-electron chi connectivity index (χ1n) is 7.64. The number of nitrogens with one attached hydrogen (secondary N) is 1. The van der Waals surface area contributed by atoms with Crippen LogP contribution in [0, 0.1) is 0 Å². The minimum absolute atomic E-state index is 0.473. The lowest BCUT2D eigenvalue weighted by atomic mass is 10.0. The standard InChI is InChI=1S/C17H20N2O/c20-15-9-13-5-6-14(10-15)19(13)8-7-12-11-18-17-4-2-1-3-16(12)17/h1-4,11,13-14,18H,5-10H2. The molecule has 4 rings (SSSR count). The maximum absolute atomic E-state index is 11.6. The molecular weight excluding hydrogens is 248 g/mol. The third-order valence-electron chi connectivity index (χ3n) is 5.01. The van der Waals surface area contributed by atoms with Crippen molar-refractivity contribution in [2.24, 2.45) is 0 Å². The van der Waals surface area contributed by atoms with Gasteiger partial charge in [-0.05, 0) is 30.9 Å². The van der Waals surface area contributed by atoms with Gasteiger partial charge in [0.1, 0.15) is 5.78 Å². The second-order valence-electron chi connectivity index (χ2n) is 6.18. The number of rotatable bonds is 3. The van der Waals surface area contributed by atoms with E-state index in [1.165, 1.54) is 29.3 Å². The van der Waals surface area contributed by atoms with Crippen molar-refractivity contribution in [2.45, 2.75) is 44.2 Å². The first kappa shape index (κ1) is 12.2. The van der Waals surface area contributed by atoms with Crippen LogP contribution in [-0.4, -0.2) is 34.3 Å². The molecule has 3 heterocycles. The van der Waals surface area contributed by atoms with Crippen molar-refractivity contribution in [3.63, 3.8) is 0 Å². The summed E-state index contributed by atoms with van der Waals surface area (Å²) in [5.41, 5.74) is 2.62. The van der Waals surface area contributed by atoms with Crippen molar-refractivity contribution >= 4 is 16.7 Å². The summed E-state index contributed by atoms with van der Waals surface area (Å²) in [6.45, 7) is 1.09. The quantitative estimate of drug-likeness (QED) is 0.929. The van der Waals surface area contributed by atoms with Gasteiger partial charge in [0.15, 0.2) is 0 Å². The zero-order valence-electron chi connectivity index (χ0n) is 11.6. The van der Waals surface area contributed by atoms with Crippen molar-refractivity contribution in [2.75, 3.05) is 6.54 Å². The Morgan fingerprint density at radius 1 is 1.15 bits per heavy atom. The Hall–Kier alpha value is -1.61. The van der Waals surface area contributed by atoms with E-state index in [1.807, 2.05) is 0 Å². The normalized spacial score (nSPS) is 26.5. The first-order valence-corrected chi connectivity index (χ1v) is 7.64. The van der Waals surface area contributed by atoms with Gasteiger partial charge in [0.05, 0.1) is 0 Å². The minimum Gasteiger partial charge on any atom is -0.361 e. The third-order valence-corrected chi connectivity index (χ3v) is 5.01. The molecule has 3 heteroatoms. The number of ketones is 1. The predicted molar refractivity (Wildman–Crippen MR) is 79.8 cm³/mol. The molecule has 2 fully saturated rings. The summed E-state index contributed by atoms with van der Waals surface area (Å²) in [6, 6.07) is 9.53. The number of carbonyl (C=O) groups is 1. The van der Waals surface area contributed by atoms with Gasteiger partial charge >= 0.3 is 0 Å². The molecule has 2 aliphatic rings. The number of H-pyrrole nitrogens is 1. The summed E-state index contributed by atoms with van der Waals surface area (Å²) in [7, 11) is 0. The fourth-order valence-corrected chi connectivity index (χ4v) is 4.02. The van der Waals surface area contributed by atoms with Gasteiger partial charge in [-0.2, -0.15) is 0 Å². The van der Waals surface area contributed by atoms with E-state index < -0.39 is 0 Å². The number of para-hydroxylation sites is 1. The summed E-state index contributed by atoms with van der Waals surface area (Å²) in [6.07, 6.45) is 7.20. The van der Waals surface area contributed by atoms with Gasteiger partial charge < -0.3 is 4.98 Å². The number of Topliss-reactive ketones (excluding diaryl/α,β-unsaturated/α-hetero) is 1. The van der Waals surface area contributed by atoms with Crippen LogP contribution in [0.4, 0.5) is 0 Å². The summed E-state index contributed by atoms with van der Waals surface area (Å²) in [5, 5.41) is 1.34. The molecule has 0 aliphatic carbocycles. The zero-order valence-corrected chi connectivity index (χ0v) is 11.6. The Kier molecular flexibility index (Phi) is 2.88. The van der Waals surface area contributed by atoms with Gasteiger partial charge in [-0.1, -0.05) is 18.2 Å². The molecule has 0 amide bonds. The van der Waals surface area contributed by atoms with E-state index in [0.717, 1.165) is 25.8 Å². The number of hydrogen-bond donors (Lipinski definition) is 1. The van der Waals surface area contributed by atoms with E-state index in [-0.39, 0.29) is 0 Å². The van der Waals surface area contributed by atoms with Crippen molar-refractivity contribution in [1.82, 2.24) is 9.88 Å². The average Bonchev–Trinajstić information content (AvgIpc) is 2.96. The molecule has 0 spiro atoms. The van der Waals surface area contributed by atoms with E-state index in [9.17, 15) is 4.79 Å². The van der Waals surface area contributed by atoms with E-state index in [4.69, 9.17) is 0 Å². The summed E-state index contributed by atoms with van der Waals surface area (Å²) < 4.78 is 0. The van der Waals surface area contributed by atoms with E-state index >= 15 is 0 Å². The molecule has 2 unspecified atom stereocenters. The second kappa shape index (κ2) is 4.74. The van der Waals surface area contributed by atoms with Crippen LogP contribution in [0.15, 0.2) is 30.5 Å². The van der Waals surface area contributed by atoms with Crippen LogP contribution in [0.25, 0.3) is 10.9 Å². The Balaban J connectivity index is 1.50. The molecule has 2 aromatic rings. The highest BCUT2D eigenvalue weighted by molar-refractivity contribution is 5.83. The number of aromatic amines is 1. The Morgan fingerprint density at radius 3 is 2.70 bits per heavy atom. The predicted octanol–water partition coefficient (Wildman–Crippen LogP) is 2.91. The fourth-order valence-electron chi connectivity index (χ4n) is 4.02. The van der Waals surface area contributed by atoms with Gasteiger partial charge in [0.25, 0.3) is 0 Å². The SMILES string of the molecule is O=C1CC2CCC(C1)N2CCc1c[nH]c2ccccc12. The van der Waals surface area contributed by atoms with Gasteiger partial charge in [0, 0.05) is 48.6 Å². The Morgan fingerprint density at radius 2 is 1.90 bits per heavy atom. The number of aromatic nitrogens is 1. The summed E-state index contributed by atoms with van der Waals surface area (Å²) in [5.74, 6) is 0.473. The highest BCUT2D eigenvalue weighted by Crippen LogP contribution is 2.34. The molecule has 0 radical (unpaired) electrons. The van der Waals surface area contributed by atoms with E-state index in [1.54, 1.807) is 0 Å². The highest BCUT2D eigenvalue weighted by Gasteiger charge is 2.39. The summed E-state index contributed by atoms with van der Waals surface area (Å²) >= 11 is 0. The maximum Gasteiger partial charge on any atom is 0.136 e. The summed E-state index contributed by atoms with van der Waals surface area (Å²) in [4.78, 5) is 17.6. The average molecular weight is 268 g/mol. The second-order valence-corrected chi connectivity index (χ2v) is 6.18. The monoisotopic (exact) mass is 268 g/mol. The van der Waals surface area contributed by atoms with Crippen molar-refractivity contribution in [1.29, 1.82) is 0 Å². The van der Waals surface area contributed by atoms with Gasteiger partial charge in [-0.3, -0.25) is 9.69 Å².